The number of nitrogens with zero attached hydrogens (tertiary/aromatic N) is 2. The van der Waals surface area contributed by atoms with Crippen LogP contribution < -0.4 is 13.8 Å². The number of carbonyl (C=O) groups excluding carboxylic acids is 1. The van der Waals surface area contributed by atoms with Crippen molar-refractivity contribution in [2.45, 2.75) is 4.90 Å². The van der Waals surface area contributed by atoms with E-state index in [2.05, 4.69) is 9.64 Å². The van der Waals surface area contributed by atoms with E-state index in [4.69, 9.17) is 14.2 Å². The van der Waals surface area contributed by atoms with E-state index < -0.39 is 16.0 Å². The molecule has 0 unspecified atom stereocenters. The van der Waals surface area contributed by atoms with Crippen LogP contribution in [-0.2, 0) is 24.3 Å². The summed E-state index contributed by atoms with van der Waals surface area (Å²) in [6.07, 6.45) is 2.68. The Labute approximate surface area is 200 Å². The van der Waals surface area contributed by atoms with Crippen LogP contribution in [0, 0.1) is 0 Å². The molecule has 1 heterocycles. The Bertz CT molecular complexity index is 1100. The minimum Gasteiger partial charge on any atom is -0.493 e. The molecule has 1 aliphatic rings. The number of morpholine rings is 1. The minimum absolute atomic E-state index is 0.0651. The zero-order valence-electron chi connectivity index (χ0n) is 19.6. The first-order chi connectivity index (χ1) is 16.4. The maximum atomic E-state index is 14.0. The Morgan fingerprint density at radius 1 is 1.09 bits per heavy atom. The summed E-state index contributed by atoms with van der Waals surface area (Å²) in [4.78, 5) is 13.7. The molecule has 34 heavy (non-hydrogen) atoms. The Morgan fingerprint density at radius 2 is 1.79 bits per heavy atom. The molecule has 0 saturated carbocycles. The van der Waals surface area contributed by atoms with Crippen molar-refractivity contribution in [3.8, 4) is 11.5 Å². The van der Waals surface area contributed by atoms with Crippen molar-refractivity contribution in [1.29, 1.82) is 0 Å². The summed E-state index contributed by atoms with van der Waals surface area (Å²) in [6.45, 7) is 3.51. The maximum absolute atomic E-state index is 14.0. The van der Waals surface area contributed by atoms with Crippen LogP contribution in [0.15, 0.2) is 53.4 Å². The molecule has 0 amide bonds. The first-order valence-corrected chi connectivity index (χ1v) is 12.2. The zero-order valence-corrected chi connectivity index (χ0v) is 20.4. The number of rotatable bonds is 10. The Morgan fingerprint density at radius 3 is 2.41 bits per heavy atom. The number of ether oxygens (including phenoxy) is 4. The molecule has 9 nitrogen and oxygen atoms in total. The molecule has 2 aromatic carbocycles. The average molecular weight is 491 g/mol. The zero-order chi connectivity index (χ0) is 24.6. The number of sulfonamides is 1. The molecule has 1 fully saturated rings. The Balaban J connectivity index is 2.06. The third-order valence-electron chi connectivity index (χ3n) is 5.42. The second-order valence-electron chi connectivity index (χ2n) is 7.48. The fraction of sp³-hybridized carbons (Fsp3) is 0.375. The highest BCUT2D eigenvalue weighted by atomic mass is 32.2. The van der Waals surface area contributed by atoms with E-state index in [1.165, 1.54) is 43.9 Å². The van der Waals surface area contributed by atoms with Crippen molar-refractivity contribution < 1.29 is 32.2 Å². The summed E-state index contributed by atoms with van der Waals surface area (Å²) in [6, 6.07) is 12.0. The van der Waals surface area contributed by atoms with Gasteiger partial charge in [0.25, 0.3) is 10.0 Å². The number of hydrogen-bond acceptors (Lipinski definition) is 8. The van der Waals surface area contributed by atoms with Crippen molar-refractivity contribution in [3.05, 3.63) is 54.1 Å². The number of carbonyl (C=O) groups is 1. The van der Waals surface area contributed by atoms with Gasteiger partial charge in [0.05, 0.1) is 40.2 Å². The highest BCUT2D eigenvalue weighted by molar-refractivity contribution is 7.93. The Kier molecular flexibility index (Phi) is 8.91. The number of para-hydroxylation sites is 1. The summed E-state index contributed by atoms with van der Waals surface area (Å²) in [5, 5.41) is 0. The molecule has 1 saturated heterocycles. The first kappa shape index (κ1) is 25.5. The van der Waals surface area contributed by atoms with Gasteiger partial charge in [0, 0.05) is 32.3 Å². The second kappa shape index (κ2) is 11.9. The van der Waals surface area contributed by atoms with Gasteiger partial charge in [-0.2, -0.15) is 0 Å². The molecular weight excluding hydrogens is 460 g/mol. The van der Waals surface area contributed by atoms with Crippen LogP contribution in [0.2, 0.25) is 0 Å². The van der Waals surface area contributed by atoms with Gasteiger partial charge < -0.3 is 18.9 Å². The topological polar surface area (TPSA) is 94.6 Å². The third-order valence-corrected chi connectivity index (χ3v) is 7.25. The van der Waals surface area contributed by atoms with E-state index in [-0.39, 0.29) is 22.9 Å². The van der Waals surface area contributed by atoms with Gasteiger partial charge in [0.2, 0.25) is 0 Å². The summed E-state index contributed by atoms with van der Waals surface area (Å²) in [5.74, 6) is -0.241. The second-order valence-corrected chi connectivity index (χ2v) is 9.31. The average Bonchev–Trinajstić information content (AvgIpc) is 2.87. The third kappa shape index (κ3) is 6.07. The molecule has 184 valence electrons. The predicted octanol–water partition coefficient (Wildman–Crippen LogP) is 2.42. The van der Waals surface area contributed by atoms with Crippen molar-refractivity contribution >= 4 is 27.8 Å². The molecular formula is C24H30N2O7S. The lowest BCUT2D eigenvalue weighted by atomic mass is 10.2. The molecule has 10 heteroatoms. The first-order valence-electron chi connectivity index (χ1n) is 10.8. The lowest BCUT2D eigenvalue weighted by Crippen LogP contribution is -2.43. The van der Waals surface area contributed by atoms with Gasteiger partial charge >= 0.3 is 5.97 Å². The van der Waals surface area contributed by atoms with Crippen LogP contribution in [0.4, 0.5) is 5.69 Å². The molecule has 0 aromatic heterocycles. The lowest BCUT2D eigenvalue weighted by Gasteiger charge is -2.31. The molecule has 0 aliphatic carbocycles. The summed E-state index contributed by atoms with van der Waals surface area (Å²) < 4.78 is 50.3. The molecule has 0 radical (unpaired) electrons. The minimum atomic E-state index is -4.08. The quantitative estimate of drug-likeness (QED) is 0.370. The monoisotopic (exact) mass is 490 g/mol. The van der Waals surface area contributed by atoms with Crippen molar-refractivity contribution in [2.75, 3.05) is 65.0 Å². The van der Waals surface area contributed by atoms with Crippen molar-refractivity contribution in [1.82, 2.24) is 4.90 Å². The fourth-order valence-corrected chi connectivity index (χ4v) is 5.29. The number of benzene rings is 2. The molecule has 2 aromatic rings. The van der Waals surface area contributed by atoms with E-state index in [1.807, 2.05) is 6.07 Å². The molecule has 0 atom stereocenters. The van der Waals surface area contributed by atoms with E-state index in [1.54, 1.807) is 30.3 Å². The van der Waals surface area contributed by atoms with Crippen LogP contribution in [0.25, 0.3) is 6.08 Å². The van der Waals surface area contributed by atoms with Gasteiger partial charge in [-0.1, -0.05) is 18.2 Å². The van der Waals surface area contributed by atoms with Crippen molar-refractivity contribution in [3.63, 3.8) is 0 Å². The number of methoxy groups -OCH3 is 3. The van der Waals surface area contributed by atoms with Crippen LogP contribution in [0.5, 0.6) is 11.5 Å². The number of esters is 1. The van der Waals surface area contributed by atoms with Gasteiger partial charge in [-0.15, -0.1) is 0 Å². The Hall–Kier alpha value is -3.08. The summed E-state index contributed by atoms with van der Waals surface area (Å²) >= 11 is 0. The molecule has 0 spiro atoms. The van der Waals surface area contributed by atoms with Crippen LogP contribution in [0.3, 0.4) is 0 Å². The van der Waals surface area contributed by atoms with Crippen molar-refractivity contribution in [2.24, 2.45) is 0 Å². The van der Waals surface area contributed by atoms with E-state index in [0.29, 0.717) is 31.0 Å². The predicted molar refractivity (Wildman–Crippen MR) is 129 cm³/mol. The van der Waals surface area contributed by atoms with Gasteiger partial charge in [0.15, 0.2) is 11.5 Å². The SMILES string of the molecule is COC(=O)/C=C/c1cc(OC)c(OC)c(S(=O)(=O)N(CCN2CCOCC2)c2ccccc2)c1. The van der Waals surface area contributed by atoms with Crippen LogP contribution in [0.1, 0.15) is 5.56 Å². The molecule has 0 bridgehead atoms. The van der Waals surface area contributed by atoms with E-state index in [0.717, 1.165) is 13.1 Å². The number of hydrogen-bond donors (Lipinski definition) is 0. The normalized spacial score (nSPS) is 14.7. The van der Waals surface area contributed by atoms with Crippen LogP contribution in [-0.4, -0.2) is 80.0 Å². The lowest BCUT2D eigenvalue weighted by molar-refractivity contribution is -0.134. The summed E-state index contributed by atoms with van der Waals surface area (Å²) in [7, 11) is 0.00701. The fourth-order valence-electron chi connectivity index (χ4n) is 3.63. The molecule has 3 rings (SSSR count). The standard InChI is InChI=1S/C24H30N2O7S/c1-30-21-17-19(9-10-23(27)31-2)18-22(24(21)32-3)34(28,29)26(20-7-5-4-6-8-20)12-11-25-13-15-33-16-14-25/h4-10,17-18H,11-16H2,1-3H3/b10-9+. The maximum Gasteiger partial charge on any atom is 0.330 e. The summed E-state index contributed by atoms with van der Waals surface area (Å²) in [5.41, 5.74) is 0.982. The number of anilines is 1. The molecule has 1 aliphatic heterocycles. The molecule has 0 N–H and O–H groups in total. The van der Waals surface area contributed by atoms with Gasteiger partial charge in [-0.05, 0) is 35.9 Å². The largest absolute Gasteiger partial charge is 0.493 e. The van der Waals surface area contributed by atoms with E-state index in [9.17, 15) is 13.2 Å². The van der Waals surface area contributed by atoms with Gasteiger partial charge in [-0.25, -0.2) is 13.2 Å². The smallest absolute Gasteiger partial charge is 0.330 e. The van der Waals surface area contributed by atoms with Crippen LogP contribution >= 0.6 is 0 Å². The highest BCUT2D eigenvalue weighted by Crippen LogP contribution is 2.38. The van der Waals surface area contributed by atoms with Gasteiger partial charge in [0.1, 0.15) is 4.90 Å². The highest BCUT2D eigenvalue weighted by Gasteiger charge is 2.31. The van der Waals surface area contributed by atoms with E-state index >= 15 is 0 Å². The van der Waals surface area contributed by atoms with Gasteiger partial charge in [-0.3, -0.25) is 9.21 Å².